The number of hydrogen-bond acceptors (Lipinski definition) is 4. The molecule has 0 unspecified atom stereocenters. The van der Waals surface area contributed by atoms with E-state index >= 15 is 0 Å². The molecule has 0 atom stereocenters. The molecule has 0 bridgehead atoms. The summed E-state index contributed by atoms with van der Waals surface area (Å²) in [6.45, 7) is 4.01. The SMILES string of the molecule is C=CCN(C(=O)Cn1nnc(-c2ccc(F)cc2)n1)c1ccccc1. The van der Waals surface area contributed by atoms with Crippen LogP contribution in [0.4, 0.5) is 10.1 Å². The van der Waals surface area contributed by atoms with Crippen LogP contribution >= 0.6 is 0 Å². The molecule has 126 valence electrons. The van der Waals surface area contributed by atoms with Crippen molar-refractivity contribution in [3.05, 3.63) is 73.1 Å². The summed E-state index contributed by atoms with van der Waals surface area (Å²) < 4.78 is 13.0. The van der Waals surface area contributed by atoms with E-state index in [-0.39, 0.29) is 18.3 Å². The molecule has 0 fully saturated rings. The second-order valence-electron chi connectivity index (χ2n) is 5.28. The van der Waals surface area contributed by atoms with Crippen molar-refractivity contribution in [1.82, 2.24) is 20.2 Å². The number of nitrogens with zero attached hydrogens (tertiary/aromatic N) is 5. The van der Waals surface area contributed by atoms with E-state index < -0.39 is 0 Å². The predicted octanol–water partition coefficient (Wildman–Crippen LogP) is 2.70. The number of amides is 1. The highest BCUT2D eigenvalue weighted by Gasteiger charge is 2.16. The Morgan fingerprint density at radius 2 is 1.88 bits per heavy atom. The molecule has 2 aromatic carbocycles. The number of aromatic nitrogens is 4. The molecular formula is C18H16FN5O. The van der Waals surface area contributed by atoms with Gasteiger partial charge in [0.05, 0.1) is 0 Å². The van der Waals surface area contributed by atoms with Crippen LogP contribution < -0.4 is 4.90 Å². The molecule has 0 aliphatic rings. The fourth-order valence-electron chi connectivity index (χ4n) is 2.32. The van der Waals surface area contributed by atoms with E-state index in [4.69, 9.17) is 0 Å². The quantitative estimate of drug-likeness (QED) is 0.649. The molecule has 25 heavy (non-hydrogen) atoms. The van der Waals surface area contributed by atoms with Crippen LogP contribution in [0.3, 0.4) is 0 Å². The summed E-state index contributed by atoms with van der Waals surface area (Å²) in [6.07, 6.45) is 1.66. The molecule has 0 N–H and O–H groups in total. The molecule has 0 saturated heterocycles. The molecule has 1 heterocycles. The zero-order valence-corrected chi connectivity index (χ0v) is 13.4. The van der Waals surface area contributed by atoms with Crippen molar-refractivity contribution >= 4 is 11.6 Å². The van der Waals surface area contributed by atoms with Crippen LogP contribution in [-0.4, -0.2) is 32.7 Å². The van der Waals surface area contributed by atoms with Gasteiger partial charge in [0, 0.05) is 17.8 Å². The fourth-order valence-corrected chi connectivity index (χ4v) is 2.32. The van der Waals surface area contributed by atoms with Gasteiger partial charge in [0.25, 0.3) is 5.91 Å². The van der Waals surface area contributed by atoms with Crippen molar-refractivity contribution < 1.29 is 9.18 Å². The van der Waals surface area contributed by atoms with Gasteiger partial charge in [-0.3, -0.25) is 4.79 Å². The zero-order chi connectivity index (χ0) is 17.6. The Bertz CT molecular complexity index is 861. The van der Waals surface area contributed by atoms with Gasteiger partial charge in [0.1, 0.15) is 12.4 Å². The standard InChI is InChI=1S/C18H16FN5O/c1-2-12-23(16-6-4-3-5-7-16)17(25)13-24-21-18(20-22-24)14-8-10-15(19)11-9-14/h2-11H,1,12-13H2. The summed E-state index contributed by atoms with van der Waals surface area (Å²) in [5, 5.41) is 12.0. The minimum Gasteiger partial charge on any atom is -0.307 e. The predicted molar refractivity (Wildman–Crippen MR) is 92.2 cm³/mol. The Morgan fingerprint density at radius 3 is 2.56 bits per heavy atom. The van der Waals surface area contributed by atoms with E-state index in [9.17, 15) is 9.18 Å². The fraction of sp³-hybridized carbons (Fsp3) is 0.111. The lowest BCUT2D eigenvalue weighted by Crippen LogP contribution is -2.34. The second kappa shape index (κ2) is 7.48. The molecule has 3 aromatic rings. The van der Waals surface area contributed by atoms with Crippen LogP contribution in [0.25, 0.3) is 11.4 Å². The van der Waals surface area contributed by atoms with Crippen LogP contribution in [0.1, 0.15) is 0 Å². The summed E-state index contributed by atoms with van der Waals surface area (Å²) in [6, 6.07) is 15.1. The Hall–Kier alpha value is -3.35. The largest absolute Gasteiger partial charge is 0.307 e. The number of carbonyl (C=O) groups is 1. The summed E-state index contributed by atoms with van der Waals surface area (Å²) >= 11 is 0. The van der Waals surface area contributed by atoms with E-state index in [1.54, 1.807) is 23.1 Å². The number of rotatable bonds is 6. The first-order valence-corrected chi connectivity index (χ1v) is 7.67. The molecule has 0 aliphatic heterocycles. The van der Waals surface area contributed by atoms with E-state index in [2.05, 4.69) is 22.0 Å². The minimum atomic E-state index is -0.339. The molecule has 3 rings (SSSR count). The Balaban J connectivity index is 1.76. The van der Waals surface area contributed by atoms with Crippen molar-refractivity contribution in [3.8, 4) is 11.4 Å². The average molecular weight is 337 g/mol. The molecule has 6 nitrogen and oxygen atoms in total. The Morgan fingerprint density at radius 1 is 1.16 bits per heavy atom. The van der Waals surface area contributed by atoms with Gasteiger partial charge in [0.15, 0.2) is 0 Å². The topological polar surface area (TPSA) is 63.9 Å². The normalized spacial score (nSPS) is 10.4. The number of tetrazole rings is 1. The van der Waals surface area contributed by atoms with Crippen LogP contribution in [0.5, 0.6) is 0 Å². The van der Waals surface area contributed by atoms with Gasteiger partial charge in [-0.2, -0.15) is 4.80 Å². The van der Waals surface area contributed by atoms with Crippen molar-refractivity contribution in [2.75, 3.05) is 11.4 Å². The van der Waals surface area contributed by atoms with E-state index in [0.29, 0.717) is 17.9 Å². The maximum Gasteiger partial charge on any atom is 0.250 e. The van der Waals surface area contributed by atoms with Gasteiger partial charge in [0.2, 0.25) is 5.82 Å². The number of anilines is 1. The van der Waals surface area contributed by atoms with Crippen LogP contribution in [0, 0.1) is 5.82 Å². The van der Waals surface area contributed by atoms with Crippen molar-refractivity contribution in [3.63, 3.8) is 0 Å². The molecule has 1 aromatic heterocycles. The first-order valence-electron chi connectivity index (χ1n) is 7.67. The molecule has 0 spiro atoms. The van der Waals surface area contributed by atoms with Gasteiger partial charge >= 0.3 is 0 Å². The van der Waals surface area contributed by atoms with E-state index in [0.717, 1.165) is 5.69 Å². The highest BCUT2D eigenvalue weighted by Crippen LogP contribution is 2.15. The van der Waals surface area contributed by atoms with Crippen molar-refractivity contribution in [1.29, 1.82) is 0 Å². The molecule has 0 saturated carbocycles. The summed E-state index contributed by atoms with van der Waals surface area (Å²) in [7, 11) is 0. The maximum absolute atomic E-state index is 13.0. The summed E-state index contributed by atoms with van der Waals surface area (Å²) in [4.78, 5) is 15.4. The second-order valence-corrected chi connectivity index (χ2v) is 5.28. The van der Waals surface area contributed by atoms with Gasteiger partial charge in [-0.15, -0.1) is 16.8 Å². The molecule has 0 aliphatic carbocycles. The van der Waals surface area contributed by atoms with Gasteiger partial charge in [-0.1, -0.05) is 24.3 Å². The lowest BCUT2D eigenvalue weighted by molar-refractivity contribution is -0.119. The van der Waals surface area contributed by atoms with Gasteiger partial charge < -0.3 is 4.90 Å². The smallest absolute Gasteiger partial charge is 0.250 e. The highest BCUT2D eigenvalue weighted by molar-refractivity contribution is 5.93. The number of para-hydroxylation sites is 1. The third-order valence-corrected chi connectivity index (χ3v) is 3.51. The number of carbonyl (C=O) groups excluding carboxylic acids is 1. The van der Waals surface area contributed by atoms with Crippen LogP contribution in [0.15, 0.2) is 67.3 Å². The van der Waals surface area contributed by atoms with Crippen LogP contribution in [0.2, 0.25) is 0 Å². The van der Waals surface area contributed by atoms with Crippen molar-refractivity contribution in [2.24, 2.45) is 0 Å². The van der Waals surface area contributed by atoms with E-state index in [1.807, 2.05) is 30.3 Å². The Labute approximate surface area is 144 Å². The number of benzene rings is 2. The minimum absolute atomic E-state index is 0.0586. The summed E-state index contributed by atoms with van der Waals surface area (Å²) in [5.41, 5.74) is 1.40. The number of halogens is 1. The lowest BCUT2D eigenvalue weighted by atomic mass is 10.2. The highest BCUT2D eigenvalue weighted by atomic mass is 19.1. The molecule has 7 heteroatoms. The molecule has 1 amide bonds. The zero-order valence-electron chi connectivity index (χ0n) is 13.4. The van der Waals surface area contributed by atoms with Crippen molar-refractivity contribution in [2.45, 2.75) is 6.54 Å². The summed E-state index contributed by atoms with van der Waals surface area (Å²) in [5.74, 6) is -0.189. The third-order valence-electron chi connectivity index (χ3n) is 3.51. The first kappa shape index (κ1) is 16.5. The monoisotopic (exact) mass is 337 g/mol. The molecule has 0 radical (unpaired) electrons. The first-order chi connectivity index (χ1) is 12.2. The van der Waals surface area contributed by atoms with Gasteiger partial charge in [-0.05, 0) is 41.6 Å². The molecular weight excluding hydrogens is 321 g/mol. The average Bonchev–Trinajstić information content (AvgIpc) is 3.09. The van der Waals surface area contributed by atoms with Crippen LogP contribution in [-0.2, 0) is 11.3 Å². The van der Waals surface area contributed by atoms with E-state index in [1.165, 1.54) is 16.9 Å². The lowest BCUT2D eigenvalue weighted by Gasteiger charge is -2.20. The maximum atomic E-state index is 13.0. The number of hydrogen-bond donors (Lipinski definition) is 0. The Kier molecular flexibility index (Phi) is 4.94. The third kappa shape index (κ3) is 3.95. The van der Waals surface area contributed by atoms with Gasteiger partial charge in [-0.25, -0.2) is 4.39 Å².